The summed E-state index contributed by atoms with van der Waals surface area (Å²) < 4.78 is 8.12. The third kappa shape index (κ3) is 3.32. The molecule has 0 bridgehead atoms. The van der Waals surface area contributed by atoms with E-state index in [1.54, 1.807) is 11.5 Å². The van der Waals surface area contributed by atoms with Gasteiger partial charge in [0.1, 0.15) is 6.04 Å². The molecule has 1 aliphatic heterocycles. The Morgan fingerprint density at radius 2 is 2.04 bits per heavy atom. The maximum absolute atomic E-state index is 13.3. The molecule has 2 aromatic heterocycles. The lowest BCUT2D eigenvalue weighted by Gasteiger charge is -2.22. The number of carbonyl (C=O) groups is 1. The zero-order valence-corrected chi connectivity index (χ0v) is 18.2. The first kappa shape index (κ1) is 19.0. The number of methoxy groups -OCH3 is 1. The van der Waals surface area contributed by atoms with Crippen molar-refractivity contribution in [3.05, 3.63) is 87.6 Å². The number of rotatable bonds is 3. The van der Waals surface area contributed by atoms with Crippen LogP contribution in [0.3, 0.4) is 0 Å². The van der Waals surface area contributed by atoms with Crippen molar-refractivity contribution in [3.63, 3.8) is 0 Å². The summed E-state index contributed by atoms with van der Waals surface area (Å²) in [6, 6.07) is 11.0. The van der Waals surface area contributed by atoms with Gasteiger partial charge in [-0.2, -0.15) is 0 Å². The van der Waals surface area contributed by atoms with E-state index in [9.17, 15) is 9.59 Å². The SMILES string of the molecule is COC(=O)C1=C(C)N=c2s/c(=C/c3ccc(Br)cc3)c(=O)n2[C@H]1c1cccs1. The van der Waals surface area contributed by atoms with Crippen LogP contribution in [-0.2, 0) is 9.53 Å². The second kappa shape index (κ2) is 7.62. The van der Waals surface area contributed by atoms with Crippen molar-refractivity contribution in [2.75, 3.05) is 7.11 Å². The molecular weight excluding hydrogens is 460 g/mol. The molecule has 5 nitrogen and oxygen atoms in total. The predicted octanol–water partition coefficient (Wildman–Crippen LogP) is 3.23. The molecule has 8 heteroatoms. The molecule has 0 amide bonds. The van der Waals surface area contributed by atoms with Gasteiger partial charge in [0.05, 0.1) is 22.9 Å². The number of fused-ring (bicyclic) bond motifs is 1. The highest BCUT2D eigenvalue weighted by Crippen LogP contribution is 2.32. The number of hydrogen-bond donors (Lipinski definition) is 0. The molecule has 0 radical (unpaired) electrons. The number of allylic oxidation sites excluding steroid dienone is 1. The lowest BCUT2D eigenvalue weighted by Crippen LogP contribution is -2.39. The van der Waals surface area contributed by atoms with Crippen LogP contribution in [0.2, 0.25) is 0 Å². The van der Waals surface area contributed by atoms with E-state index in [0.29, 0.717) is 20.6 Å². The number of halogens is 1. The number of hydrogen-bond acceptors (Lipinski definition) is 6. The zero-order valence-electron chi connectivity index (χ0n) is 15.0. The van der Waals surface area contributed by atoms with Crippen LogP contribution < -0.4 is 14.9 Å². The summed E-state index contributed by atoms with van der Waals surface area (Å²) in [4.78, 5) is 31.7. The van der Waals surface area contributed by atoms with E-state index in [-0.39, 0.29) is 5.56 Å². The predicted molar refractivity (Wildman–Crippen MR) is 114 cm³/mol. The molecule has 28 heavy (non-hydrogen) atoms. The van der Waals surface area contributed by atoms with Gasteiger partial charge in [-0.25, -0.2) is 9.79 Å². The van der Waals surface area contributed by atoms with Gasteiger partial charge in [-0.3, -0.25) is 9.36 Å². The van der Waals surface area contributed by atoms with Gasteiger partial charge in [0.15, 0.2) is 4.80 Å². The molecule has 0 spiro atoms. The lowest BCUT2D eigenvalue weighted by atomic mass is 10.0. The molecule has 1 aliphatic rings. The van der Waals surface area contributed by atoms with Gasteiger partial charge < -0.3 is 4.74 Å². The number of ether oxygens (including phenoxy) is 1. The fourth-order valence-corrected chi connectivity index (χ4v) is 5.25. The molecule has 0 aliphatic carbocycles. The standard InChI is InChI=1S/C20H15BrN2O3S2/c1-11-16(19(25)26-2)17(14-4-3-9-27-14)23-18(24)15(28-20(23)22-11)10-12-5-7-13(21)8-6-12/h3-10,17H,1-2H3/b15-10+/t17-/m0/s1. The number of thiophene rings is 1. The maximum Gasteiger partial charge on any atom is 0.338 e. The minimum absolute atomic E-state index is 0.168. The smallest absolute Gasteiger partial charge is 0.338 e. The summed E-state index contributed by atoms with van der Waals surface area (Å²) in [5.74, 6) is -0.471. The Bertz CT molecular complexity index is 1250. The second-order valence-corrected chi connectivity index (χ2v) is 9.04. The van der Waals surface area contributed by atoms with Gasteiger partial charge in [-0.1, -0.05) is 45.5 Å². The van der Waals surface area contributed by atoms with Crippen molar-refractivity contribution >= 4 is 50.6 Å². The van der Waals surface area contributed by atoms with Crippen molar-refractivity contribution in [1.82, 2.24) is 4.57 Å². The molecule has 1 aromatic carbocycles. The first-order valence-corrected chi connectivity index (χ1v) is 10.9. The minimum Gasteiger partial charge on any atom is -0.466 e. The van der Waals surface area contributed by atoms with Crippen LogP contribution in [0.15, 0.2) is 67.3 Å². The molecule has 4 rings (SSSR count). The van der Waals surface area contributed by atoms with Gasteiger partial charge in [-0.05, 0) is 42.1 Å². The van der Waals surface area contributed by atoms with Crippen LogP contribution in [0.1, 0.15) is 23.4 Å². The van der Waals surface area contributed by atoms with E-state index in [1.807, 2.05) is 47.9 Å². The summed E-state index contributed by atoms with van der Waals surface area (Å²) in [5.41, 5.74) is 1.72. The quantitative estimate of drug-likeness (QED) is 0.547. The highest BCUT2D eigenvalue weighted by atomic mass is 79.9. The molecule has 3 heterocycles. The molecule has 1 atom stereocenters. The first-order valence-electron chi connectivity index (χ1n) is 8.39. The van der Waals surface area contributed by atoms with Gasteiger partial charge >= 0.3 is 5.97 Å². The van der Waals surface area contributed by atoms with Crippen molar-refractivity contribution in [1.29, 1.82) is 0 Å². The fraction of sp³-hybridized carbons (Fsp3) is 0.150. The van der Waals surface area contributed by atoms with E-state index in [2.05, 4.69) is 20.9 Å². The Balaban J connectivity index is 1.96. The Morgan fingerprint density at radius 1 is 1.29 bits per heavy atom. The Kier molecular flexibility index (Phi) is 5.18. The van der Waals surface area contributed by atoms with Crippen LogP contribution in [0.25, 0.3) is 6.08 Å². The normalized spacial score (nSPS) is 16.7. The molecular formula is C20H15BrN2O3S2. The monoisotopic (exact) mass is 474 g/mol. The van der Waals surface area contributed by atoms with Gasteiger partial charge in [0.2, 0.25) is 0 Å². The first-order chi connectivity index (χ1) is 13.5. The maximum atomic E-state index is 13.3. The molecule has 3 aromatic rings. The zero-order chi connectivity index (χ0) is 19.8. The minimum atomic E-state index is -0.532. The Labute approximate surface area is 177 Å². The molecule has 0 unspecified atom stereocenters. The number of aromatic nitrogens is 1. The van der Waals surface area contributed by atoms with Crippen molar-refractivity contribution in [3.8, 4) is 0 Å². The highest BCUT2D eigenvalue weighted by Gasteiger charge is 2.33. The molecule has 0 N–H and O–H groups in total. The Hall–Kier alpha value is -2.29. The summed E-state index contributed by atoms with van der Waals surface area (Å²) in [7, 11) is 1.34. The summed E-state index contributed by atoms with van der Waals surface area (Å²) in [6.07, 6.45) is 1.85. The van der Waals surface area contributed by atoms with E-state index in [0.717, 1.165) is 14.9 Å². The van der Waals surface area contributed by atoms with Crippen molar-refractivity contribution in [2.45, 2.75) is 13.0 Å². The number of esters is 1. The van der Waals surface area contributed by atoms with Crippen molar-refractivity contribution < 1.29 is 9.53 Å². The Morgan fingerprint density at radius 3 is 2.68 bits per heavy atom. The fourth-order valence-electron chi connectivity index (χ4n) is 3.12. The van der Waals surface area contributed by atoms with Crippen LogP contribution in [0, 0.1) is 0 Å². The average Bonchev–Trinajstić information content (AvgIpc) is 3.31. The molecule has 0 saturated carbocycles. The van der Waals surface area contributed by atoms with Gasteiger partial charge in [0, 0.05) is 9.35 Å². The molecule has 142 valence electrons. The number of benzene rings is 1. The van der Waals surface area contributed by atoms with E-state index < -0.39 is 12.0 Å². The topological polar surface area (TPSA) is 60.7 Å². The summed E-state index contributed by atoms with van der Waals surface area (Å²) in [6.45, 7) is 1.78. The van der Waals surface area contributed by atoms with E-state index in [4.69, 9.17) is 4.74 Å². The number of nitrogens with zero attached hydrogens (tertiary/aromatic N) is 2. The van der Waals surface area contributed by atoms with E-state index >= 15 is 0 Å². The largest absolute Gasteiger partial charge is 0.466 e. The molecule has 0 saturated heterocycles. The summed E-state index contributed by atoms with van der Waals surface area (Å²) in [5, 5.41) is 1.93. The highest BCUT2D eigenvalue weighted by molar-refractivity contribution is 9.10. The molecule has 0 fully saturated rings. The van der Waals surface area contributed by atoms with Crippen LogP contribution in [0.5, 0.6) is 0 Å². The van der Waals surface area contributed by atoms with E-state index in [1.165, 1.54) is 29.8 Å². The van der Waals surface area contributed by atoms with Crippen molar-refractivity contribution in [2.24, 2.45) is 4.99 Å². The van der Waals surface area contributed by atoms with Crippen LogP contribution in [0.4, 0.5) is 0 Å². The third-order valence-electron chi connectivity index (χ3n) is 4.41. The average molecular weight is 475 g/mol. The van der Waals surface area contributed by atoms with Gasteiger partial charge in [0.25, 0.3) is 5.56 Å². The number of carbonyl (C=O) groups excluding carboxylic acids is 1. The third-order valence-corrected chi connectivity index (χ3v) is 6.84. The van der Waals surface area contributed by atoms with Gasteiger partial charge in [-0.15, -0.1) is 11.3 Å². The second-order valence-electron chi connectivity index (χ2n) is 6.14. The van der Waals surface area contributed by atoms with Crippen LogP contribution in [-0.4, -0.2) is 17.6 Å². The van der Waals surface area contributed by atoms with Crippen LogP contribution >= 0.6 is 38.6 Å². The number of thiazole rings is 1. The summed E-state index contributed by atoms with van der Waals surface area (Å²) >= 11 is 6.23. The lowest BCUT2D eigenvalue weighted by molar-refractivity contribution is -0.136.